The van der Waals surface area contributed by atoms with Gasteiger partial charge in [-0.05, 0) is 22.9 Å². The highest BCUT2D eigenvalue weighted by molar-refractivity contribution is 5.88. The highest BCUT2D eigenvalue weighted by atomic mass is 16.4. The summed E-state index contributed by atoms with van der Waals surface area (Å²) in [6.07, 6.45) is 3.81. The summed E-state index contributed by atoms with van der Waals surface area (Å²) in [5, 5.41) is 12.9. The molecule has 0 amide bonds. The maximum Gasteiger partial charge on any atom is 0.333 e. The van der Waals surface area contributed by atoms with Crippen LogP contribution < -0.4 is 10.6 Å². The number of fused-ring (bicyclic) bond motifs is 5. The van der Waals surface area contributed by atoms with Crippen molar-refractivity contribution >= 4 is 23.1 Å². The summed E-state index contributed by atoms with van der Waals surface area (Å²) >= 11 is 0. The van der Waals surface area contributed by atoms with Crippen molar-refractivity contribution in [2.24, 2.45) is 4.99 Å². The molecule has 1 aromatic heterocycles. The number of aromatic nitrogens is 2. The molecule has 1 aliphatic heterocycles. The minimum absolute atomic E-state index is 0.287. The fourth-order valence-electron chi connectivity index (χ4n) is 3.26. The highest BCUT2D eigenvalue weighted by Crippen LogP contribution is 2.16. The molecule has 0 saturated carbocycles. The normalized spacial score (nSPS) is 14.1. The third-order valence-electron chi connectivity index (χ3n) is 4.43. The standard InChI is InChI=1S/C19H11N3O2/c23-19(24)12-7-11-5-6-14-18(16(11)20-9-12)22-17-13-4-2-1-3-10(13)8-15(17)21-14/h1-6,8-9H,7H2,(H,23,24). The molecule has 0 fully saturated rings. The molecule has 3 aromatic rings. The number of rotatable bonds is 1. The van der Waals surface area contributed by atoms with Crippen LogP contribution in [0.1, 0.15) is 11.3 Å². The van der Waals surface area contributed by atoms with E-state index in [1.54, 1.807) is 0 Å². The van der Waals surface area contributed by atoms with Crippen molar-refractivity contribution in [2.75, 3.05) is 0 Å². The summed E-state index contributed by atoms with van der Waals surface area (Å²) in [5.41, 5.74) is 3.51. The molecule has 2 aliphatic rings. The lowest BCUT2D eigenvalue weighted by atomic mass is 10.0. The molecule has 0 bridgehead atoms. The molecular formula is C19H11N3O2. The zero-order valence-electron chi connectivity index (χ0n) is 12.5. The van der Waals surface area contributed by atoms with Gasteiger partial charge in [0.25, 0.3) is 0 Å². The van der Waals surface area contributed by atoms with Crippen molar-refractivity contribution in [3.05, 3.63) is 80.6 Å². The first kappa shape index (κ1) is 13.1. The largest absolute Gasteiger partial charge is 0.478 e. The second-order valence-electron chi connectivity index (χ2n) is 5.90. The first-order valence-corrected chi connectivity index (χ1v) is 7.62. The van der Waals surface area contributed by atoms with Crippen molar-refractivity contribution in [1.29, 1.82) is 0 Å². The SMILES string of the molecule is O=C(O)C1=CN=c2c(ccc3nc4c(nc23)=c2ccccc2=C4)C1. The summed E-state index contributed by atoms with van der Waals surface area (Å²) in [6, 6.07) is 11.8. The van der Waals surface area contributed by atoms with E-state index in [2.05, 4.69) is 4.99 Å². The van der Waals surface area contributed by atoms with Crippen molar-refractivity contribution in [3.8, 4) is 0 Å². The van der Waals surface area contributed by atoms with Crippen LogP contribution in [0.3, 0.4) is 0 Å². The van der Waals surface area contributed by atoms with Gasteiger partial charge in [-0.25, -0.2) is 14.8 Å². The Balaban J connectivity index is 1.91. The summed E-state index contributed by atoms with van der Waals surface area (Å²) in [7, 11) is 0. The molecule has 2 aromatic carbocycles. The van der Waals surface area contributed by atoms with Crippen molar-refractivity contribution in [3.63, 3.8) is 0 Å². The second-order valence-corrected chi connectivity index (χ2v) is 5.90. The van der Waals surface area contributed by atoms with Crippen LogP contribution in [0.15, 0.2) is 53.2 Å². The van der Waals surface area contributed by atoms with Crippen molar-refractivity contribution in [2.45, 2.75) is 6.42 Å². The fourth-order valence-corrected chi connectivity index (χ4v) is 3.26. The average Bonchev–Trinajstić information content (AvgIpc) is 2.96. The first-order valence-electron chi connectivity index (χ1n) is 7.62. The number of carbonyl (C=O) groups is 1. The Morgan fingerprint density at radius 2 is 1.96 bits per heavy atom. The number of hydrogen-bond acceptors (Lipinski definition) is 4. The lowest BCUT2D eigenvalue weighted by molar-refractivity contribution is -0.132. The van der Waals surface area contributed by atoms with Crippen LogP contribution in [-0.4, -0.2) is 21.0 Å². The molecule has 0 radical (unpaired) electrons. The van der Waals surface area contributed by atoms with Gasteiger partial charge in [-0.15, -0.1) is 0 Å². The topological polar surface area (TPSA) is 75.4 Å². The molecule has 0 atom stereocenters. The minimum atomic E-state index is -0.937. The van der Waals surface area contributed by atoms with E-state index in [1.807, 2.05) is 42.5 Å². The van der Waals surface area contributed by atoms with E-state index in [0.717, 1.165) is 43.4 Å². The molecule has 1 N–H and O–H groups in total. The number of carboxylic acid groups (broad SMARTS) is 1. The van der Waals surface area contributed by atoms with Crippen LogP contribution in [0, 0.1) is 10.6 Å². The Morgan fingerprint density at radius 1 is 1.08 bits per heavy atom. The quantitative estimate of drug-likeness (QED) is 0.573. The molecule has 114 valence electrons. The number of nitrogens with zero attached hydrogens (tertiary/aromatic N) is 3. The van der Waals surface area contributed by atoms with Gasteiger partial charge >= 0.3 is 5.97 Å². The minimum Gasteiger partial charge on any atom is -0.478 e. The van der Waals surface area contributed by atoms with E-state index < -0.39 is 5.97 Å². The van der Waals surface area contributed by atoms with E-state index in [0.29, 0.717) is 6.42 Å². The van der Waals surface area contributed by atoms with Gasteiger partial charge in [-0.1, -0.05) is 30.3 Å². The molecule has 5 rings (SSSR count). The molecule has 0 spiro atoms. The average molecular weight is 313 g/mol. The Morgan fingerprint density at radius 3 is 2.83 bits per heavy atom. The molecule has 24 heavy (non-hydrogen) atoms. The third-order valence-corrected chi connectivity index (χ3v) is 4.43. The summed E-state index contributed by atoms with van der Waals surface area (Å²) in [5.74, 6) is -0.937. The van der Waals surface area contributed by atoms with E-state index in [1.165, 1.54) is 6.20 Å². The number of carboxylic acids is 1. The van der Waals surface area contributed by atoms with Crippen molar-refractivity contribution in [1.82, 2.24) is 9.97 Å². The van der Waals surface area contributed by atoms with E-state index in [4.69, 9.17) is 15.1 Å². The Bertz CT molecular complexity index is 1310. The Kier molecular flexibility index (Phi) is 2.51. The van der Waals surface area contributed by atoms with E-state index in [-0.39, 0.29) is 5.57 Å². The molecule has 0 unspecified atom stereocenters. The Labute approximate surface area is 135 Å². The molecule has 0 saturated heterocycles. The first-order chi connectivity index (χ1) is 11.7. The van der Waals surface area contributed by atoms with Gasteiger partial charge < -0.3 is 5.11 Å². The fraction of sp³-hybridized carbons (Fsp3) is 0.0526. The molecule has 1 aliphatic carbocycles. The van der Waals surface area contributed by atoms with Gasteiger partial charge in [0.1, 0.15) is 5.52 Å². The lowest BCUT2D eigenvalue weighted by Crippen LogP contribution is -2.19. The molecule has 5 heteroatoms. The maximum atomic E-state index is 11.2. The summed E-state index contributed by atoms with van der Waals surface area (Å²) in [6.45, 7) is 0. The molecular weight excluding hydrogens is 302 g/mol. The van der Waals surface area contributed by atoms with Crippen LogP contribution in [0.2, 0.25) is 0 Å². The number of benzene rings is 2. The molecule has 2 heterocycles. The van der Waals surface area contributed by atoms with Crippen LogP contribution in [-0.2, 0) is 11.2 Å². The number of hydrogen-bond donors (Lipinski definition) is 1. The van der Waals surface area contributed by atoms with Gasteiger partial charge in [-0.3, -0.25) is 4.99 Å². The van der Waals surface area contributed by atoms with Gasteiger partial charge in [0.2, 0.25) is 0 Å². The van der Waals surface area contributed by atoms with Gasteiger partial charge in [0, 0.05) is 17.8 Å². The zero-order chi connectivity index (χ0) is 16.3. The van der Waals surface area contributed by atoms with E-state index >= 15 is 0 Å². The van der Waals surface area contributed by atoms with E-state index in [9.17, 15) is 4.79 Å². The Hall–Kier alpha value is -3.34. The van der Waals surface area contributed by atoms with Crippen LogP contribution >= 0.6 is 0 Å². The monoisotopic (exact) mass is 313 g/mol. The van der Waals surface area contributed by atoms with Gasteiger partial charge in [0.05, 0.1) is 27.5 Å². The molecule has 5 nitrogen and oxygen atoms in total. The third kappa shape index (κ3) is 1.75. The maximum absolute atomic E-state index is 11.2. The van der Waals surface area contributed by atoms with Gasteiger partial charge in [-0.2, -0.15) is 0 Å². The van der Waals surface area contributed by atoms with Crippen molar-refractivity contribution < 1.29 is 9.90 Å². The van der Waals surface area contributed by atoms with Crippen LogP contribution in [0.4, 0.5) is 0 Å². The van der Waals surface area contributed by atoms with Gasteiger partial charge in [0.15, 0.2) is 0 Å². The zero-order valence-corrected chi connectivity index (χ0v) is 12.5. The predicted molar refractivity (Wildman–Crippen MR) is 87.4 cm³/mol. The van der Waals surface area contributed by atoms with Crippen LogP contribution in [0.25, 0.3) is 17.1 Å². The van der Waals surface area contributed by atoms with Crippen LogP contribution in [0.5, 0.6) is 0 Å². The summed E-state index contributed by atoms with van der Waals surface area (Å²) < 4.78 is 0. The lowest BCUT2D eigenvalue weighted by Gasteiger charge is -2.09. The number of aliphatic carboxylic acids is 1. The smallest absolute Gasteiger partial charge is 0.333 e. The summed E-state index contributed by atoms with van der Waals surface area (Å²) in [4.78, 5) is 25.0. The second kappa shape index (κ2) is 4.58. The predicted octanol–water partition coefficient (Wildman–Crippen LogP) is 1.20. The highest BCUT2D eigenvalue weighted by Gasteiger charge is 2.16.